The van der Waals surface area contributed by atoms with Gasteiger partial charge in [0.1, 0.15) is 12.2 Å². The molecule has 0 saturated heterocycles. The zero-order valence-corrected chi connectivity index (χ0v) is 12.1. The van der Waals surface area contributed by atoms with Crippen molar-refractivity contribution in [2.45, 2.75) is 63.5 Å². The minimum absolute atomic E-state index is 0.284. The average molecular weight is 271 g/mol. The summed E-state index contributed by atoms with van der Waals surface area (Å²) in [4.78, 5) is 6.70. The number of aryl methyl sites for hydroxylation is 1. The molecule has 1 aliphatic rings. The van der Waals surface area contributed by atoms with Crippen LogP contribution in [0.3, 0.4) is 0 Å². The second kappa shape index (κ2) is 6.53. The quantitative estimate of drug-likeness (QED) is 0.772. The van der Waals surface area contributed by atoms with Gasteiger partial charge in [-0.05, 0) is 26.3 Å². The van der Waals surface area contributed by atoms with Crippen molar-refractivity contribution < 1.29 is 0 Å². The highest BCUT2D eigenvalue weighted by atomic mass is 35.5. The summed E-state index contributed by atoms with van der Waals surface area (Å²) in [5.41, 5.74) is 0. The van der Waals surface area contributed by atoms with Gasteiger partial charge in [-0.1, -0.05) is 19.8 Å². The SMILES string of the molecule is CCCn1ncnc1CN(C)C1CCCCC1Cl. The summed E-state index contributed by atoms with van der Waals surface area (Å²) in [7, 11) is 2.15. The normalized spacial score (nSPS) is 24.7. The Labute approximate surface area is 114 Å². The molecule has 0 amide bonds. The van der Waals surface area contributed by atoms with E-state index < -0.39 is 0 Å². The number of aromatic nitrogens is 3. The number of hydrogen-bond acceptors (Lipinski definition) is 3. The van der Waals surface area contributed by atoms with Crippen molar-refractivity contribution >= 4 is 11.6 Å². The van der Waals surface area contributed by atoms with E-state index >= 15 is 0 Å². The summed E-state index contributed by atoms with van der Waals surface area (Å²) in [5, 5.41) is 4.55. The summed E-state index contributed by atoms with van der Waals surface area (Å²) in [6.45, 7) is 3.94. The Hall–Kier alpha value is -0.610. The number of halogens is 1. The van der Waals surface area contributed by atoms with E-state index in [1.807, 2.05) is 4.68 Å². The van der Waals surface area contributed by atoms with E-state index in [2.05, 4.69) is 29.0 Å². The van der Waals surface area contributed by atoms with Gasteiger partial charge in [0.25, 0.3) is 0 Å². The largest absolute Gasteiger partial charge is 0.295 e. The molecule has 2 rings (SSSR count). The van der Waals surface area contributed by atoms with Gasteiger partial charge in [0, 0.05) is 18.0 Å². The molecule has 5 heteroatoms. The molecular formula is C13H23ClN4. The van der Waals surface area contributed by atoms with Crippen LogP contribution in [0.15, 0.2) is 6.33 Å². The van der Waals surface area contributed by atoms with Crippen molar-refractivity contribution in [1.29, 1.82) is 0 Å². The van der Waals surface area contributed by atoms with E-state index in [9.17, 15) is 0 Å². The van der Waals surface area contributed by atoms with Crippen LogP contribution in [-0.2, 0) is 13.1 Å². The predicted molar refractivity (Wildman–Crippen MR) is 73.7 cm³/mol. The van der Waals surface area contributed by atoms with E-state index in [-0.39, 0.29) is 5.38 Å². The molecule has 1 aromatic heterocycles. The van der Waals surface area contributed by atoms with Gasteiger partial charge in [0.2, 0.25) is 0 Å². The van der Waals surface area contributed by atoms with Crippen LogP contribution in [-0.4, -0.2) is 38.1 Å². The second-order valence-electron chi connectivity index (χ2n) is 5.18. The Bertz CT molecular complexity index is 366. The summed E-state index contributed by atoms with van der Waals surface area (Å²) in [5.74, 6) is 1.05. The van der Waals surface area contributed by atoms with Gasteiger partial charge in [-0.15, -0.1) is 11.6 Å². The van der Waals surface area contributed by atoms with Gasteiger partial charge in [-0.3, -0.25) is 4.90 Å². The summed E-state index contributed by atoms with van der Waals surface area (Å²) >= 11 is 6.43. The molecule has 18 heavy (non-hydrogen) atoms. The van der Waals surface area contributed by atoms with Crippen molar-refractivity contribution in [2.24, 2.45) is 0 Å². The van der Waals surface area contributed by atoms with E-state index in [1.165, 1.54) is 19.3 Å². The lowest BCUT2D eigenvalue weighted by atomic mass is 9.94. The monoisotopic (exact) mass is 270 g/mol. The molecule has 1 saturated carbocycles. The van der Waals surface area contributed by atoms with Crippen LogP contribution in [0.5, 0.6) is 0 Å². The summed E-state index contributed by atoms with van der Waals surface area (Å²) in [6, 6.07) is 0.479. The fourth-order valence-corrected chi connectivity index (χ4v) is 3.18. The van der Waals surface area contributed by atoms with Crippen LogP contribution >= 0.6 is 11.6 Å². The first kappa shape index (κ1) is 13.8. The first-order chi connectivity index (χ1) is 8.72. The van der Waals surface area contributed by atoms with Gasteiger partial charge >= 0.3 is 0 Å². The van der Waals surface area contributed by atoms with Gasteiger partial charge < -0.3 is 0 Å². The number of alkyl halides is 1. The van der Waals surface area contributed by atoms with E-state index in [0.717, 1.165) is 31.8 Å². The lowest BCUT2D eigenvalue weighted by Crippen LogP contribution is -2.40. The highest BCUT2D eigenvalue weighted by Gasteiger charge is 2.27. The molecule has 1 aromatic rings. The third-order valence-corrected chi connectivity index (χ3v) is 4.24. The van der Waals surface area contributed by atoms with Crippen molar-refractivity contribution in [2.75, 3.05) is 7.05 Å². The highest BCUT2D eigenvalue weighted by Crippen LogP contribution is 2.27. The fourth-order valence-electron chi connectivity index (χ4n) is 2.71. The highest BCUT2D eigenvalue weighted by molar-refractivity contribution is 6.21. The molecule has 1 aliphatic carbocycles. The smallest absolute Gasteiger partial charge is 0.141 e. The fraction of sp³-hybridized carbons (Fsp3) is 0.846. The Morgan fingerprint density at radius 3 is 2.94 bits per heavy atom. The number of nitrogens with zero attached hydrogens (tertiary/aromatic N) is 4. The maximum Gasteiger partial charge on any atom is 0.141 e. The summed E-state index contributed by atoms with van der Waals surface area (Å²) < 4.78 is 2.00. The molecule has 1 fully saturated rings. The Kier molecular flexibility index (Phi) is 5.01. The predicted octanol–water partition coefficient (Wildman–Crippen LogP) is 2.67. The molecule has 0 spiro atoms. The molecule has 0 aliphatic heterocycles. The number of rotatable bonds is 5. The molecule has 2 atom stereocenters. The zero-order chi connectivity index (χ0) is 13.0. The lowest BCUT2D eigenvalue weighted by Gasteiger charge is -2.34. The van der Waals surface area contributed by atoms with Gasteiger partial charge in [0.05, 0.1) is 6.54 Å². The second-order valence-corrected chi connectivity index (χ2v) is 5.74. The lowest BCUT2D eigenvalue weighted by molar-refractivity contribution is 0.182. The molecule has 0 aromatic carbocycles. The van der Waals surface area contributed by atoms with Crippen LogP contribution in [0.25, 0.3) is 0 Å². The molecule has 4 nitrogen and oxygen atoms in total. The molecular weight excluding hydrogens is 248 g/mol. The van der Waals surface area contributed by atoms with Crippen molar-refractivity contribution in [3.05, 3.63) is 12.2 Å². The molecule has 0 radical (unpaired) electrons. The van der Waals surface area contributed by atoms with Crippen molar-refractivity contribution in [3.63, 3.8) is 0 Å². The average Bonchev–Trinajstić information content (AvgIpc) is 2.78. The minimum atomic E-state index is 0.284. The van der Waals surface area contributed by atoms with Crippen molar-refractivity contribution in [1.82, 2.24) is 19.7 Å². The van der Waals surface area contributed by atoms with E-state index in [0.29, 0.717) is 6.04 Å². The molecule has 2 unspecified atom stereocenters. The molecule has 1 heterocycles. The Morgan fingerprint density at radius 2 is 2.22 bits per heavy atom. The van der Waals surface area contributed by atoms with Gasteiger partial charge in [0.15, 0.2) is 0 Å². The van der Waals surface area contributed by atoms with Crippen LogP contribution in [0.4, 0.5) is 0 Å². The van der Waals surface area contributed by atoms with Crippen LogP contribution < -0.4 is 0 Å². The zero-order valence-electron chi connectivity index (χ0n) is 11.3. The third-order valence-electron chi connectivity index (χ3n) is 3.74. The van der Waals surface area contributed by atoms with E-state index in [1.54, 1.807) is 6.33 Å². The number of hydrogen-bond donors (Lipinski definition) is 0. The minimum Gasteiger partial charge on any atom is -0.295 e. The first-order valence-corrected chi connectivity index (χ1v) is 7.37. The van der Waals surface area contributed by atoms with Crippen LogP contribution in [0.2, 0.25) is 0 Å². The van der Waals surface area contributed by atoms with Gasteiger partial charge in [-0.25, -0.2) is 9.67 Å². The Balaban J connectivity index is 1.97. The first-order valence-electron chi connectivity index (χ1n) is 6.93. The van der Waals surface area contributed by atoms with Crippen LogP contribution in [0.1, 0.15) is 44.9 Å². The molecule has 0 bridgehead atoms. The molecule has 102 valence electrons. The van der Waals surface area contributed by atoms with Gasteiger partial charge in [-0.2, -0.15) is 5.10 Å². The van der Waals surface area contributed by atoms with E-state index in [4.69, 9.17) is 11.6 Å². The standard InChI is InChI=1S/C13H23ClN4/c1-3-8-18-13(15-10-16-18)9-17(2)12-7-5-4-6-11(12)14/h10-12H,3-9H2,1-2H3. The maximum atomic E-state index is 6.43. The van der Waals surface area contributed by atoms with Crippen LogP contribution in [0, 0.1) is 0 Å². The topological polar surface area (TPSA) is 34.0 Å². The van der Waals surface area contributed by atoms with Crippen molar-refractivity contribution in [3.8, 4) is 0 Å². The maximum absolute atomic E-state index is 6.43. The molecule has 0 N–H and O–H groups in total. The third kappa shape index (κ3) is 3.23. The summed E-state index contributed by atoms with van der Waals surface area (Å²) in [6.07, 6.45) is 7.63. The Morgan fingerprint density at radius 1 is 1.44 bits per heavy atom.